The third-order valence-corrected chi connectivity index (χ3v) is 4.48. The molecule has 0 aliphatic carbocycles. The zero-order chi connectivity index (χ0) is 10.8. The van der Waals surface area contributed by atoms with Crippen molar-refractivity contribution < 1.29 is 13.2 Å². The first-order valence-electron chi connectivity index (χ1n) is 4.92. The zero-order valence-electron chi connectivity index (χ0n) is 8.69. The third kappa shape index (κ3) is 2.70. The Morgan fingerprint density at radius 1 is 1.36 bits per heavy atom. The fourth-order valence-electron chi connectivity index (χ4n) is 1.72. The number of nitrogens with zero attached hydrogens (tertiary/aromatic N) is 1. The second-order valence-electron chi connectivity index (χ2n) is 3.74. The van der Waals surface area contributed by atoms with Crippen LogP contribution < -0.4 is 0 Å². The van der Waals surface area contributed by atoms with Gasteiger partial charge in [0, 0.05) is 19.5 Å². The monoisotopic (exact) mass is 219 g/mol. The van der Waals surface area contributed by atoms with E-state index >= 15 is 0 Å². The summed E-state index contributed by atoms with van der Waals surface area (Å²) in [6.45, 7) is 1.82. The van der Waals surface area contributed by atoms with Crippen LogP contribution in [0.2, 0.25) is 0 Å². The average molecular weight is 219 g/mol. The molecular weight excluding hydrogens is 202 g/mol. The Balaban J connectivity index is 2.53. The molecule has 0 N–H and O–H groups in total. The average Bonchev–Trinajstić information content (AvgIpc) is 2.15. The molecule has 1 rings (SSSR count). The maximum Gasteiger partial charge on any atom is 0.222 e. The van der Waals surface area contributed by atoms with Crippen molar-refractivity contribution in [2.24, 2.45) is 0 Å². The highest BCUT2D eigenvalue weighted by Crippen LogP contribution is 2.17. The van der Waals surface area contributed by atoms with E-state index in [2.05, 4.69) is 0 Å². The van der Waals surface area contributed by atoms with E-state index in [0.717, 1.165) is 0 Å². The van der Waals surface area contributed by atoms with Crippen molar-refractivity contribution in [3.05, 3.63) is 0 Å². The standard InChI is InChI=1S/C9H17NO3S/c1-3-9(11)10(2)8-4-6-14(12,13)7-5-8/h8H,3-7H2,1-2H3. The molecule has 0 bridgehead atoms. The van der Waals surface area contributed by atoms with Gasteiger partial charge in [0.05, 0.1) is 11.5 Å². The molecule has 0 aromatic rings. The van der Waals surface area contributed by atoms with Crippen LogP contribution in [0.25, 0.3) is 0 Å². The first kappa shape index (κ1) is 11.5. The quantitative estimate of drug-likeness (QED) is 0.677. The molecule has 82 valence electrons. The Morgan fingerprint density at radius 3 is 2.29 bits per heavy atom. The van der Waals surface area contributed by atoms with Crippen LogP contribution in [0, 0.1) is 0 Å². The smallest absolute Gasteiger partial charge is 0.222 e. The van der Waals surface area contributed by atoms with Crippen molar-refractivity contribution >= 4 is 15.7 Å². The van der Waals surface area contributed by atoms with Gasteiger partial charge in [-0.3, -0.25) is 4.79 Å². The van der Waals surface area contributed by atoms with E-state index in [-0.39, 0.29) is 23.5 Å². The van der Waals surface area contributed by atoms with Crippen LogP contribution in [0.4, 0.5) is 0 Å². The van der Waals surface area contributed by atoms with Gasteiger partial charge in [-0.25, -0.2) is 8.42 Å². The molecule has 0 atom stereocenters. The highest BCUT2D eigenvalue weighted by molar-refractivity contribution is 7.91. The maximum absolute atomic E-state index is 11.3. The molecule has 4 nitrogen and oxygen atoms in total. The second kappa shape index (κ2) is 4.29. The SMILES string of the molecule is CCC(=O)N(C)C1CCS(=O)(=O)CC1. The predicted molar refractivity (Wildman–Crippen MR) is 54.7 cm³/mol. The molecule has 1 amide bonds. The molecule has 1 heterocycles. The minimum absolute atomic E-state index is 0.0919. The lowest BCUT2D eigenvalue weighted by Crippen LogP contribution is -2.41. The summed E-state index contributed by atoms with van der Waals surface area (Å²) in [5, 5.41) is 0. The van der Waals surface area contributed by atoms with Crippen molar-refractivity contribution in [1.82, 2.24) is 4.90 Å². The summed E-state index contributed by atoms with van der Waals surface area (Å²) in [6.07, 6.45) is 1.66. The van der Waals surface area contributed by atoms with Crippen LogP contribution in [-0.2, 0) is 14.6 Å². The van der Waals surface area contributed by atoms with Gasteiger partial charge < -0.3 is 4.90 Å². The molecule has 0 spiro atoms. The molecule has 0 radical (unpaired) electrons. The zero-order valence-corrected chi connectivity index (χ0v) is 9.51. The Hall–Kier alpha value is -0.580. The number of rotatable bonds is 2. The van der Waals surface area contributed by atoms with Crippen molar-refractivity contribution in [1.29, 1.82) is 0 Å². The van der Waals surface area contributed by atoms with E-state index in [9.17, 15) is 13.2 Å². The molecular formula is C9H17NO3S. The first-order valence-corrected chi connectivity index (χ1v) is 6.74. The lowest BCUT2D eigenvalue weighted by Gasteiger charge is -2.30. The van der Waals surface area contributed by atoms with E-state index in [1.807, 2.05) is 6.92 Å². The lowest BCUT2D eigenvalue weighted by atomic mass is 10.1. The number of amides is 1. The van der Waals surface area contributed by atoms with Gasteiger partial charge in [-0.15, -0.1) is 0 Å². The maximum atomic E-state index is 11.3. The molecule has 14 heavy (non-hydrogen) atoms. The Labute approximate surface area is 85.2 Å². The lowest BCUT2D eigenvalue weighted by molar-refractivity contribution is -0.131. The molecule has 0 saturated carbocycles. The number of sulfone groups is 1. The number of hydrogen-bond acceptors (Lipinski definition) is 3. The highest BCUT2D eigenvalue weighted by Gasteiger charge is 2.27. The first-order chi connectivity index (χ1) is 6.46. The largest absolute Gasteiger partial charge is 0.343 e. The number of hydrogen-bond donors (Lipinski definition) is 0. The molecule has 1 fully saturated rings. The minimum Gasteiger partial charge on any atom is -0.343 e. The molecule has 1 aliphatic rings. The van der Waals surface area contributed by atoms with Gasteiger partial charge in [0.25, 0.3) is 0 Å². The van der Waals surface area contributed by atoms with Crippen molar-refractivity contribution in [2.45, 2.75) is 32.2 Å². The van der Waals surface area contributed by atoms with Gasteiger partial charge in [0.2, 0.25) is 5.91 Å². The summed E-state index contributed by atoms with van der Waals surface area (Å²) in [6, 6.07) is 0.117. The van der Waals surface area contributed by atoms with E-state index in [0.29, 0.717) is 19.3 Å². The van der Waals surface area contributed by atoms with Crippen LogP contribution in [0.5, 0.6) is 0 Å². The fraction of sp³-hybridized carbons (Fsp3) is 0.889. The molecule has 0 aromatic heterocycles. The topological polar surface area (TPSA) is 54.5 Å². The van der Waals surface area contributed by atoms with Gasteiger partial charge in [-0.05, 0) is 12.8 Å². The van der Waals surface area contributed by atoms with Crippen LogP contribution in [0.3, 0.4) is 0 Å². The van der Waals surface area contributed by atoms with E-state index in [1.165, 1.54) is 0 Å². The summed E-state index contributed by atoms with van der Waals surface area (Å²) < 4.78 is 22.3. The van der Waals surface area contributed by atoms with Crippen LogP contribution in [-0.4, -0.2) is 43.8 Å². The second-order valence-corrected chi connectivity index (χ2v) is 6.04. The van der Waals surface area contributed by atoms with Gasteiger partial charge in [0.15, 0.2) is 0 Å². The number of carbonyl (C=O) groups excluding carboxylic acids is 1. The normalized spacial score (nSPS) is 21.9. The van der Waals surface area contributed by atoms with Crippen LogP contribution in [0.15, 0.2) is 0 Å². The predicted octanol–water partition coefficient (Wildman–Crippen LogP) is 0.432. The van der Waals surface area contributed by atoms with Gasteiger partial charge in [-0.1, -0.05) is 6.92 Å². The van der Waals surface area contributed by atoms with Crippen LogP contribution in [0.1, 0.15) is 26.2 Å². The third-order valence-electron chi connectivity index (χ3n) is 2.77. The fourth-order valence-corrected chi connectivity index (χ4v) is 3.18. The summed E-state index contributed by atoms with van der Waals surface area (Å²) in [7, 11) is -1.06. The Morgan fingerprint density at radius 2 is 1.86 bits per heavy atom. The van der Waals surface area contributed by atoms with Crippen molar-refractivity contribution in [3.8, 4) is 0 Å². The van der Waals surface area contributed by atoms with Gasteiger partial charge in [-0.2, -0.15) is 0 Å². The van der Waals surface area contributed by atoms with E-state index in [1.54, 1.807) is 11.9 Å². The summed E-state index contributed by atoms with van der Waals surface area (Å²) in [5.41, 5.74) is 0. The van der Waals surface area contributed by atoms with Gasteiger partial charge in [0.1, 0.15) is 9.84 Å². The van der Waals surface area contributed by atoms with E-state index < -0.39 is 9.84 Å². The van der Waals surface area contributed by atoms with Crippen LogP contribution >= 0.6 is 0 Å². The molecule has 0 aromatic carbocycles. The van der Waals surface area contributed by atoms with Crippen molar-refractivity contribution in [3.63, 3.8) is 0 Å². The summed E-state index contributed by atoms with van der Waals surface area (Å²) in [4.78, 5) is 13.0. The highest BCUT2D eigenvalue weighted by atomic mass is 32.2. The van der Waals surface area contributed by atoms with Gasteiger partial charge >= 0.3 is 0 Å². The van der Waals surface area contributed by atoms with E-state index in [4.69, 9.17) is 0 Å². The Bertz CT molecular complexity index is 296. The molecule has 0 unspecified atom stereocenters. The molecule has 1 saturated heterocycles. The summed E-state index contributed by atoms with van der Waals surface area (Å²) in [5.74, 6) is 0.534. The number of carbonyl (C=O) groups is 1. The molecule has 5 heteroatoms. The summed E-state index contributed by atoms with van der Waals surface area (Å²) >= 11 is 0. The minimum atomic E-state index is -2.82. The molecule has 1 aliphatic heterocycles. The van der Waals surface area contributed by atoms with Crippen molar-refractivity contribution in [2.75, 3.05) is 18.6 Å². The Kier molecular flexibility index (Phi) is 3.53.